The fourth-order valence-corrected chi connectivity index (χ4v) is 13.4. The number of fused-ring (bicyclic) bond motifs is 10. The third-order valence-corrected chi connectivity index (χ3v) is 16.8. The van der Waals surface area contributed by atoms with Crippen LogP contribution >= 0.6 is 34.0 Å². The van der Waals surface area contributed by atoms with Crippen LogP contribution in [0.3, 0.4) is 0 Å². The molecule has 0 fully saturated rings. The summed E-state index contributed by atoms with van der Waals surface area (Å²) in [4.78, 5) is 11.0. The molecule has 14 aromatic rings. The number of hydrogen-bond donors (Lipinski definition) is 0. The van der Waals surface area contributed by atoms with Crippen molar-refractivity contribution in [2.24, 2.45) is 0 Å². The number of benzene rings is 10. The summed E-state index contributed by atoms with van der Waals surface area (Å²) in [6.45, 7) is 0. The molecular weight excluding hydrogens is 869 g/mol. The standard InChI is InChI=1S/C62H36N2S3/c1-2-14-38(15-3-1)62-63-53(44-21-12-16-37-13-4-5-17-43(37)44)36-54(64-62)61-48(40-26-29-59-51(32-40)46-19-7-10-23-56(46)66-59)34-42(39-25-28-58-50(31-39)45-18-6-9-22-55(45)65-58)35-49(61)41-27-30-60-52(33-41)47-20-8-11-24-57(47)67-60/h1-36H. The van der Waals surface area contributed by atoms with Gasteiger partial charge in [-0.25, -0.2) is 9.97 Å². The first kappa shape index (κ1) is 38.5. The summed E-state index contributed by atoms with van der Waals surface area (Å²) in [5.74, 6) is 0.690. The largest absolute Gasteiger partial charge is 0.228 e. The molecule has 0 saturated carbocycles. The summed E-state index contributed by atoms with van der Waals surface area (Å²) in [6.07, 6.45) is 0. The van der Waals surface area contributed by atoms with E-state index in [2.05, 4.69) is 218 Å². The lowest BCUT2D eigenvalue weighted by molar-refractivity contribution is 1.19. The molecule has 5 heteroatoms. The molecule has 0 bridgehead atoms. The highest BCUT2D eigenvalue weighted by Gasteiger charge is 2.23. The van der Waals surface area contributed by atoms with Crippen molar-refractivity contribution in [3.8, 4) is 67.3 Å². The number of thiophene rings is 3. The van der Waals surface area contributed by atoms with E-state index in [0.717, 1.165) is 61.3 Å². The molecule has 0 spiro atoms. The summed E-state index contributed by atoms with van der Waals surface area (Å²) >= 11 is 5.56. The molecule has 0 N–H and O–H groups in total. The van der Waals surface area contributed by atoms with E-state index >= 15 is 0 Å². The molecule has 0 aliphatic carbocycles. The van der Waals surface area contributed by atoms with Crippen LogP contribution < -0.4 is 0 Å². The normalized spacial score (nSPS) is 11.9. The molecule has 4 aromatic heterocycles. The zero-order chi connectivity index (χ0) is 44.0. The molecule has 0 unspecified atom stereocenters. The van der Waals surface area contributed by atoms with Gasteiger partial charge in [0.25, 0.3) is 0 Å². The van der Waals surface area contributed by atoms with E-state index in [0.29, 0.717) is 5.82 Å². The van der Waals surface area contributed by atoms with E-state index in [9.17, 15) is 0 Å². The quantitative estimate of drug-likeness (QED) is 0.166. The lowest BCUT2D eigenvalue weighted by Crippen LogP contribution is -2.00. The zero-order valence-electron chi connectivity index (χ0n) is 35.9. The van der Waals surface area contributed by atoms with Gasteiger partial charge in [-0.15, -0.1) is 34.0 Å². The maximum Gasteiger partial charge on any atom is 0.160 e. The molecule has 0 aliphatic rings. The summed E-state index contributed by atoms with van der Waals surface area (Å²) in [5, 5.41) is 9.99. The van der Waals surface area contributed by atoms with E-state index in [1.165, 1.54) is 71.5 Å². The number of nitrogens with zero attached hydrogens (tertiary/aromatic N) is 2. The number of aromatic nitrogens is 2. The predicted octanol–water partition coefficient (Wildman–Crippen LogP) is 18.7. The van der Waals surface area contributed by atoms with Crippen molar-refractivity contribution >= 4 is 105 Å². The molecule has 0 saturated heterocycles. The highest BCUT2D eigenvalue weighted by Crippen LogP contribution is 2.48. The number of rotatable bonds is 6. The fourth-order valence-electron chi connectivity index (χ4n) is 10.1. The van der Waals surface area contributed by atoms with Gasteiger partial charge in [-0.3, -0.25) is 0 Å². The van der Waals surface area contributed by atoms with Crippen molar-refractivity contribution in [2.75, 3.05) is 0 Å². The van der Waals surface area contributed by atoms with Crippen LogP contribution in [0, 0.1) is 0 Å². The Kier molecular flexibility index (Phi) is 8.84. The summed E-state index contributed by atoms with van der Waals surface area (Å²) in [7, 11) is 0. The van der Waals surface area contributed by atoms with E-state index < -0.39 is 0 Å². The Hall–Kier alpha value is -7.80. The van der Waals surface area contributed by atoms with Gasteiger partial charge in [0.05, 0.1) is 11.4 Å². The van der Waals surface area contributed by atoms with Crippen LogP contribution in [0.2, 0.25) is 0 Å². The van der Waals surface area contributed by atoms with Crippen molar-refractivity contribution in [1.29, 1.82) is 0 Å². The molecule has 14 rings (SSSR count). The molecular formula is C62H36N2S3. The molecule has 0 aliphatic heterocycles. The smallest absolute Gasteiger partial charge is 0.160 e. The van der Waals surface area contributed by atoms with E-state index in [-0.39, 0.29) is 0 Å². The highest BCUT2D eigenvalue weighted by atomic mass is 32.1. The maximum absolute atomic E-state index is 5.62. The molecule has 312 valence electrons. The molecule has 10 aromatic carbocycles. The van der Waals surface area contributed by atoms with Gasteiger partial charge in [-0.2, -0.15) is 0 Å². The minimum absolute atomic E-state index is 0.690. The lowest BCUT2D eigenvalue weighted by Gasteiger charge is -2.20. The topological polar surface area (TPSA) is 25.8 Å². The minimum Gasteiger partial charge on any atom is -0.228 e. The van der Waals surface area contributed by atoms with Gasteiger partial charge in [0.2, 0.25) is 0 Å². The fraction of sp³-hybridized carbons (Fsp3) is 0. The second-order valence-electron chi connectivity index (χ2n) is 17.2. The van der Waals surface area contributed by atoms with E-state index in [1.807, 2.05) is 34.0 Å². The Morgan fingerprint density at radius 1 is 0.254 bits per heavy atom. The summed E-state index contributed by atoms with van der Waals surface area (Å²) in [5.41, 5.74) is 11.7. The Bertz CT molecular complexity index is 4150. The Morgan fingerprint density at radius 3 is 1.28 bits per heavy atom. The van der Waals surface area contributed by atoms with Crippen LogP contribution in [0.25, 0.3) is 139 Å². The summed E-state index contributed by atoms with van der Waals surface area (Å²) < 4.78 is 7.74. The van der Waals surface area contributed by atoms with Crippen LogP contribution in [0.4, 0.5) is 0 Å². The van der Waals surface area contributed by atoms with Crippen LogP contribution in [-0.4, -0.2) is 9.97 Å². The third kappa shape index (κ3) is 6.42. The number of hydrogen-bond acceptors (Lipinski definition) is 5. The summed E-state index contributed by atoms with van der Waals surface area (Å²) in [6, 6.07) is 80.1. The Balaban J connectivity index is 1.12. The van der Waals surface area contributed by atoms with Crippen molar-refractivity contribution in [3.63, 3.8) is 0 Å². The second-order valence-corrected chi connectivity index (χ2v) is 20.5. The van der Waals surface area contributed by atoms with Crippen molar-refractivity contribution in [1.82, 2.24) is 9.97 Å². The van der Waals surface area contributed by atoms with Gasteiger partial charge in [-0.05, 0) is 117 Å². The maximum atomic E-state index is 5.62. The molecule has 0 atom stereocenters. The van der Waals surface area contributed by atoms with Crippen molar-refractivity contribution in [2.45, 2.75) is 0 Å². The first-order valence-electron chi connectivity index (χ1n) is 22.5. The average Bonchev–Trinajstić information content (AvgIpc) is 4.09. The first-order valence-corrected chi connectivity index (χ1v) is 25.0. The van der Waals surface area contributed by atoms with Gasteiger partial charge >= 0.3 is 0 Å². The van der Waals surface area contributed by atoms with Crippen LogP contribution in [-0.2, 0) is 0 Å². The zero-order valence-corrected chi connectivity index (χ0v) is 38.4. The minimum atomic E-state index is 0.690. The van der Waals surface area contributed by atoms with Crippen molar-refractivity contribution < 1.29 is 0 Å². The second kappa shape index (κ2) is 15.4. The lowest BCUT2D eigenvalue weighted by atomic mass is 9.85. The Morgan fingerprint density at radius 2 is 0.701 bits per heavy atom. The van der Waals surface area contributed by atoms with Gasteiger partial charge in [-0.1, -0.05) is 146 Å². The van der Waals surface area contributed by atoms with Gasteiger partial charge in [0.1, 0.15) is 0 Å². The van der Waals surface area contributed by atoms with Gasteiger partial charge < -0.3 is 0 Å². The first-order chi connectivity index (χ1) is 33.2. The van der Waals surface area contributed by atoms with E-state index in [1.54, 1.807) is 0 Å². The molecule has 67 heavy (non-hydrogen) atoms. The van der Waals surface area contributed by atoms with E-state index in [4.69, 9.17) is 9.97 Å². The molecule has 0 amide bonds. The highest BCUT2D eigenvalue weighted by molar-refractivity contribution is 7.26. The Labute approximate surface area is 398 Å². The average molecular weight is 905 g/mol. The molecule has 2 nitrogen and oxygen atoms in total. The van der Waals surface area contributed by atoms with Gasteiger partial charge in [0, 0.05) is 77.2 Å². The predicted molar refractivity (Wildman–Crippen MR) is 291 cm³/mol. The van der Waals surface area contributed by atoms with Crippen LogP contribution in [0.1, 0.15) is 0 Å². The third-order valence-electron chi connectivity index (χ3n) is 13.3. The molecule has 4 heterocycles. The van der Waals surface area contributed by atoms with Crippen LogP contribution in [0.5, 0.6) is 0 Å². The monoisotopic (exact) mass is 904 g/mol. The molecule has 0 radical (unpaired) electrons. The van der Waals surface area contributed by atoms with Gasteiger partial charge in [0.15, 0.2) is 5.82 Å². The van der Waals surface area contributed by atoms with Crippen LogP contribution in [0.15, 0.2) is 218 Å². The van der Waals surface area contributed by atoms with Crippen molar-refractivity contribution in [3.05, 3.63) is 218 Å². The SMILES string of the molecule is c1ccc(-c2nc(-c3c(-c4ccc5sc6ccccc6c5c4)cc(-c4ccc5sc6ccccc6c5c4)cc3-c3ccc4sc5ccccc5c4c3)cc(-c3cccc4ccccc34)n2)cc1.